The molecule has 1 fully saturated rings. The average molecular weight is 472 g/mol. The number of amides is 2. The summed E-state index contributed by atoms with van der Waals surface area (Å²) in [6.07, 6.45) is -5.25. The van der Waals surface area contributed by atoms with Crippen LogP contribution in [0.5, 0.6) is 0 Å². The van der Waals surface area contributed by atoms with Crippen molar-refractivity contribution in [2.75, 3.05) is 19.0 Å². The lowest BCUT2D eigenvalue weighted by Gasteiger charge is -2.17. The Morgan fingerprint density at radius 1 is 1.09 bits per heavy atom. The highest BCUT2D eigenvalue weighted by Crippen LogP contribution is 2.28. The molecule has 2 heterocycles. The molecule has 1 aromatic rings. The highest BCUT2D eigenvalue weighted by Gasteiger charge is 2.43. The monoisotopic (exact) mass is 472 g/mol. The number of carbonyl (C=O) groups excluding carboxylic acids is 4. The number of anilines is 1. The molecule has 2 amide bonds. The molecular formula is C18H24N4O11. The summed E-state index contributed by atoms with van der Waals surface area (Å²) < 4.78 is 10.5. The van der Waals surface area contributed by atoms with E-state index in [0.717, 1.165) is 4.57 Å². The molecule has 0 spiro atoms. The highest BCUT2D eigenvalue weighted by atomic mass is 16.7. The van der Waals surface area contributed by atoms with E-state index >= 15 is 0 Å². The minimum Gasteiger partial charge on any atom is -0.469 e. The summed E-state index contributed by atoms with van der Waals surface area (Å²) in [6, 6.07) is 1.23. The van der Waals surface area contributed by atoms with Crippen LogP contribution >= 0.6 is 0 Å². The van der Waals surface area contributed by atoms with Crippen molar-refractivity contribution in [3.8, 4) is 0 Å². The van der Waals surface area contributed by atoms with Crippen molar-refractivity contribution in [3.63, 3.8) is 0 Å². The largest absolute Gasteiger partial charge is 0.469 e. The van der Waals surface area contributed by atoms with Crippen LogP contribution in [0.1, 0.15) is 31.9 Å². The summed E-state index contributed by atoms with van der Waals surface area (Å²) in [4.78, 5) is 66.2. The molecule has 1 aliphatic heterocycles. The van der Waals surface area contributed by atoms with E-state index in [-0.39, 0.29) is 25.1 Å². The highest BCUT2D eigenvalue weighted by molar-refractivity contribution is 5.91. The molecule has 15 heteroatoms. The summed E-state index contributed by atoms with van der Waals surface area (Å²) in [7, 11) is 1.17. The summed E-state index contributed by atoms with van der Waals surface area (Å²) in [5.74, 6) is -3.06. The molecule has 1 saturated heterocycles. The van der Waals surface area contributed by atoms with E-state index in [9.17, 15) is 34.2 Å². The predicted molar refractivity (Wildman–Crippen MR) is 105 cm³/mol. The standard InChI is InChI=1S/C18H24N4O11/c1-31-13(26)4-3-12(25)21-33-14(27)5-2-11(24)19-10-6-7-22(18(30)20-10)17-16(29)15(28)9(8-23)32-17/h6-7,9,15-17,23,28-29H,2-5,8H2,1H3,(H,21,25)(H,19,20,24,30)/t9-,15?,16-,17-/m1/s1. The van der Waals surface area contributed by atoms with Crippen LogP contribution in [0.3, 0.4) is 0 Å². The second-order valence-corrected chi connectivity index (χ2v) is 6.86. The molecule has 0 aromatic carbocycles. The van der Waals surface area contributed by atoms with Gasteiger partial charge < -0.3 is 34.9 Å². The molecule has 5 N–H and O–H groups in total. The van der Waals surface area contributed by atoms with Gasteiger partial charge in [-0.2, -0.15) is 10.5 Å². The van der Waals surface area contributed by atoms with E-state index in [2.05, 4.69) is 19.9 Å². The third-order valence-electron chi connectivity index (χ3n) is 4.51. The van der Waals surface area contributed by atoms with Crippen LogP contribution in [0.2, 0.25) is 0 Å². The number of hydrogen-bond acceptors (Lipinski definition) is 12. The van der Waals surface area contributed by atoms with Gasteiger partial charge in [-0.25, -0.2) is 9.59 Å². The zero-order valence-electron chi connectivity index (χ0n) is 17.5. The minimum absolute atomic E-state index is 0.141. The number of ether oxygens (including phenoxy) is 2. The SMILES string of the molecule is COC(=O)CCC(=O)NOC(=O)CCC(=O)Nc1ccn([C@@H]2O[C@H](CO)C(O)[C@H]2O)c(=O)n1. The Labute approximate surface area is 186 Å². The van der Waals surface area contributed by atoms with Crippen molar-refractivity contribution in [3.05, 3.63) is 22.7 Å². The molecule has 33 heavy (non-hydrogen) atoms. The molecule has 1 aromatic heterocycles. The summed E-state index contributed by atoms with van der Waals surface area (Å²) >= 11 is 0. The summed E-state index contributed by atoms with van der Waals surface area (Å²) in [5.41, 5.74) is 0.934. The number of hydrogen-bond donors (Lipinski definition) is 5. The van der Waals surface area contributed by atoms with Crippen molar-refractivity contribution >= 4 is 29.6 Å². The van der Waals surface area contributed by atoms with Crippen molar-refractivity contribution in [1.82, 2.24) is 15.0 Å². The first kappa shape index (κ1) is 25.9. The van der Waals surface area contributed by atoms with Gasteiger partial charge in [0.25, 0.3) is 5.91 Å². The Bertz CT molecular complexity index is 934. The fourth-order valence-corrected chi connectivity index (χ4v) is 2.74. The zero-order chi connectivity index (χ0) is 24.5. The first-order valence-electron chi connectivity index (χ1n) is 9.73. The lowest BCUT2D eigenvalue weighted by molar-refractivity contribution is -0.159. The molecule has 0 bridgehead atoms. The zero-order valence-corrected chi connectivity index (χ0v) is 17.5. The van der Waals surface area contributed by atoms with Gasteiger partial charge in [-0.15, -0.1) is 0 Å². The Morgan fingerprint density at radius 3 is 2.36 bits per heavy atom. The Hall–Kier alpha value is -3.40. The maximum atomic E-state index is 12.2. The van der Waals surface area contributed by atoms with Gasteiger partial charge in [-0.1, -0.05) is 0 Å². The Morgan fingerprint density at radius 2 is 1.76 bits per heavy atom. The van der Waals surface area contributed by atoms with E-state index in [1.54, 1.807) is 0 Å². The van der Waals surface area contributed by atoms with Gasteiger partial charge in [0.1, 0.15) is 24.1 Å². The molecule has 2 rings (SSSR count). The van der Waals surface area contributed by atoms with E-state index in [0.29, 0.717) is 0 Å². The number of carbonyl (C=O) groups is 4. The number of methoxy groups -OCH3 is 1. The normalized spacial score (nSPS) is 21.8. The van der Waals surface area contributed by atoms with E-state index < -0.39 is 67.0 Å². The Kier molecular flexibility index (Phi) is 9.41. The Balaban J connectivity index is 1.80. The first-order chi connectivity index (χ1) is 15.7. The number of rotatable bonds is 9. The second-order valence-electron chi connectivity index (χ2n) is 6.86. The van der Waals surface area contributed by atoms with Crippen LogP contribution in [0, 0.1) is 0 Å². The fourth-order valence-electron chi connectivity index (χ4n) is 2.74. The summed E-state index contributed by atoms with van der Waals surface area (Å²) in [6.45, 7) is -0.565. The van der Waals surface area contributed by atoms with Crippen LogP contribution < -0.4 is 16.5 Å². The quantitative estimate of drug-likeness (QED) is 0.181. The van der Waals surface area contributed by atoms with E-state index in [1.807, 2.05) is 5.48 Å². The van der Waals surface area contributed by atoms with E-state index in [4.69, 9.17) is 9.84 Å². The fraction of sp³-hybridized carbons (Fsp3) is 0.556. The molecule has 15 nitrogen and oxygen atoms in total. The van der Waals surface area contributed by atoms with Gasteiger partial charge in [-0.3, -0.25) is 19.0 Å². The number of aliphatic hydroxyl groups is 3. The van der Waals surface area contributed by atoms with Crippen LogP contribution in [0.4, 0.5) is 5.82 Å². The third kappa shape index (κ3) is 7.31. The van der Waals surface area contributed by atoms with E-state index in [1.165, 1.54) is 19.4 Å². The van der Waals surface area contributed by atoms with Crippen LogP contribution in [-0.2, 0) is 33.5 Å². The summed E-state index contributed by atoms with van der Waals surface area (Å²) in [5, 5.41) is 31.2. The van der Waals surface area contributed by atoms with Gasteiger partial charge in [0.2, 0.25) is 5.91 Å². The molecule has 182 valence electrons. The lowest BCUT2D eigenvalue weighted by atomic mass is 10.1. The number of aliphatic hydroxyl groups excluding tert-OH is 3. The maximum Gasteiger partial charge on any atom is 0.351 e. The molecule has 1 unspecified atom stereocenters. The van der Waals surface area contributed by atoms with Crippen molar-refractivity contribution < 1.29 is 48.8 Å². The number of nitrogens with one attached hydrogen (secondary N) is 2. The predicted octanol–water partition coefficient (Wildman–Crippen LogP) is -2.90. The number of hydroxylamine groups is 1. The lowest BCUT2D eigenvalue weighted by Crippen LogP contribution is -2.36. The maximum absolute atomic E-state index is 12.2. The average Bonchev–Trinajstić information content (AvgIpc) is 3.08. The number of aromatic nitrogens is 2. The van der Waals surface area contributed by atoms with Gasteiger partial charge in [-0.05, 0) is 6.07 Å². The molecule has 0 saturated carbocycles. The smallest absolute Gasteiger partial charge is 0.351 e. The van der Waals surface area contributed by atoms with Crippen LogP contribution in [-0.4, -0.2) is 80.7 Å². The van der Waals surface area contributed by atoms with Crippen molar-refractivity contribution in [2.24, 2.45) is 0 Å². The molecule has 1 aliphatic rings. The third-order valence-corrected chi connectivity index (χ3v) is 4.51. The molecule has 0 radical (unpaired) electrons. The van der Waals surface area contributed by atoms with Gasteiger partial charge >= 0.3 is 17.6 Å². The number of esters is 1. The van der Waals surface area contributed by atoms with Crippen molar-refractivity contribution in [1.29, 1.82) is 0 Å². The minimum atomic E-state index is -1.48. The van der Waals surface area contributed by atoms with Crippen LogP contribution in [0.25, 0.3) is 0 Å². The van der Waals surface area contributed by atoms with Gasteiger partial charge in [0.15, 0.2) is 6.23 Å². The van der Waals surface area contributed by atoms with Gasteiger partial charge in [0, 0.05) is 19.0 Å². The van der Waals surface area contributed by atoms with Crippen LogP contribution in [0.15, 0.2) is 17.1 Å². The second kappa shape index (κ2) is 12.0. The molecular weight excluding hydrogens is 448 g/mol. The number of nitrogens with zero attached hydrogens (tertiary/aromatic N) is 2. The molecule has 4 atom stereocenters. The molecule has 0 aliphatic carbocycles. The van der Waals surface area contributed by atoms with Gasteiger partial charge in [0.05, 0.1) is 26.6 Å². The first-order valence-corrected chi connectivity index (χ1v) is 9.73. The topological polar surface area (TPSA) is 216 Å². The van der Waals surface area contributed by atoms with Crippen molar-refractivity contribution in [2.45, 2.75) is 50.2 Å².